The zero-order valence-electron chi connectivity index (χ0n) is 8.77. The molecule has 5 nitrogen and oxygen atoms in total. The van der Waals surface area contributed by atoms with Crippen molar-refractivity contribution in [2.45, 2.75) is 25.8 Å². The van der Waals surface area contributed by atoms with E-state index in [0.717, 1.165) is 5.01 Å². The van der Waals surface area contributed by atoms with Gasteiger partial charge < -0.3 is 10.4 Å². The second-order valence-electron chi connectivity index (χ2n) is 3.95. The zero-order chi connectivity index (χ0) is 11.8. The standard InChI is InChI=1S/C10H12N2O3S/c1-6(7-11-4-5-16-7)12-8(13)10(2-3-10)9(14)15/h4-6H,2-3H2,1H3,(H,12,13)(H,14,15). The molecule has 0 bridgehead atoms. The SMILES string of the molecule is CC(NC(=O)C1(C(=O)O)CC1)c1nccs1. The zero-order valence-corrected chi connectivity index (χ0v) is 9.58. The molecule has 1 atom stereocenters. The van der Waals surface area contributed by atoms with Gasteiger partial charge in [-0.25, -0.2) is 4.98 Å². The largest absolute Gasteiger partial charge is 0.480 e. The van der Waals surface area contributed by atoms with E-state index in [1.165, 1.54) is 11.3 Å². The molecule has 0 aliphatic heterocycles. The van der Waals surface area contributed by atoms with E-state index in [1.807, 2.05) is 5.38 Å². The highest BCUT2D eigenvalue weighted by molar-refractivity contribution is 7.09. The van der Waals surface area contributed by atoms with Crippen LogP contribution in [-0.2, 0) is 9.59 Å². The van der Waals surface area contributed by atoms with Gasteiger partial charge in [-0.1, -0.05) is 0 Å². The van der Waals surface area contributed by atoms with Gasteiger partial charge in [0, 0.05) is 11.6 Å². The summed E-state index contributed by atoms with van der Waals surface area (Å²) in [6.07, 6.45) is 2.52. The molecular formula is C10H12N2O3S. The fourth-order valence-corrected chi connectivity index (χ4v) is 2.15. The molecule has 0 spiro atoms. The van der Waals surface area contributed by atoms with Crippen molar-refractivity contribution in [1.29, 1.82) is 0 Å². The van der Waals surface area contributed by atoms with Crippen LogP contribution < -0.4 is 5.32 Å². The van der Waals surface area contributed by atoms with E-state index < -0.39 is 17.3 Å². The molecule has 1 aliphatic carbocycles. The molecule has 2 rings (SSSR count). The molecule has 2 N–H and O–H groups in total. The third kappa shape index (κ3) is 1.80. The molecule has 1 aromatic rings. The molecule has 0 saturated heterocycles. The predicted octanol–water partition coefficient (Wildman–Crippen LogP) is 1.19. The van der Waals surface area contributed by atoms with Crippen LogP contribution in [0.4, 0.5) is 0 Å². The molecule has 1 amide bonds. The van der Waals surface area contributed by atoms with Crippen molar-refractivity contribution in [3.8, 4) is 0 Å². The lowest BCUT2D eigenvalue weighted by molar-refractivity contribution is -0.149. The Balaban J connectivity index is 2.01. The van der Waals surface area contributed by atoms with E-state index in [2.05, 4.69) is 10.3 Å². The van der Waals surface area contributed by atoms with Gasteiger partial charge in [-0.3, -0.25) is 9.59 Å². The molecule has 0 radical (unpaired) electrons. The number of nitrogens with zero attached hydrogens (tertiary/aromatic N) is 1. The summed E-state index contributed by atoms with van der Waals surface area (Å²) in [6, 6.07) is -0.232. The Morgan fingerprint density at radius 3 is 2.75 bits per heavy atom. The lowest BCUT2D eigenvalue weighted by Gasteiger charge is -2.15. The number of amides is 1. The molecule has 1 fully saturated rings. The summed E-state index contributed by atoms with van der Waals surface area (Å²) in [5, 5.41) is 14.2. The molecule has 86 valence electrons. The number of aromatic nitrogens is 1. The monoisotopic (exact) mass is 240 g/mol. The number of rotatable bonds is 4. The second-order valence-corrected chi connectivity index (χ2v) is 4.88. The van der Waals surface area contributed by atoms with Crippen LogP contribution in [0.15, 0.2) is 11.6 Å². The van der Waals surface area contributed by atoms with Gasteiger partial charge in [0.25, 0.3) is 0 Å². The van der Waals surface area contributed by atoms with Crippen molar-refractivity contribution in [2.75, 3.05) is 0 Å². The maximum atomic E-state index is 11.8. The van der Waals surface area contributed by atoms with Crippen LogP contribution in [0.2, 0.25) is 0 Å². The van der Waals surface area contributed by atoms with E-state index >= 15 is 0 Å². The molecule has 1 aliphatic rings. The number of carboxylic acid groups (broad SMARTS) is 1. The van der Waals surface area contributed by atoms with E-state index in [-0.39, 0.29) is 6.04 Å². The normalized spacial score (nSPS) is 18.8. The molecule has 1 saturated carbocycles. The minimum Gasteiger partial charge on any atom is -0.480 e. The van der Waals surface area contributed by atoms with Crippen molar-refractivity contribution < 1.29 is 14.7 Å². The third-order valence-corrected chi connectivity index (χ3v) is 3.72. The lowest BCUT2D eigenvalue weighted by atomic mass is 10.1. The van der Waals surface area contributed by atoms with Crippen molar-refractivity contribution in [2.24, 2.45) is 5.41 Å². The first-order valence-corrected chi connectivity index (χ1v) is 5.88. The Bertz CT molecular complexity index is 412. The Morgan fingerprint density at radius 2 is 2.31 bits per heavy atom. The number of aliphatic carboxylic acids is 1. The molecule has 0 aromatic carbocycles. The number of carbonyl (C=O) groups excluding carboxylic acids is 1. The average molecular weight is 240 g/mol. The second kappa shape index (κ2) is 3.86. The van der Waals surface area contributed by atoms with Crippen LogP contribution in [0.1, 0.15) is 30.8 Å². The van der Waals surface area contributed by atoms with Crippen molar-refractivity contribution in [3.63, 3.8) is 0 Å². The number of carbonyl (C=O) groups is 2. The van der Waals surface area contributed by atoms with Gasteiger partial charge in [-0.15, -0.1) is 11.3 Å². The van der Waals surface area contributed by atoms with Crippen molar-refractivity contribution in [1.82, 2.24) is 10.3 Å². The van der Waals surface area contributed by atoms with Crippen LogP contribution in [0.25, 0.3) is 0 Å². The Morgan fingerprint density at radius 1 is 1.62 bits per heavy atom. The van der Waals surface area contributed by atoms with Crippen LogP contribution in [-0.4, -0.2) is 22.0 Å². The van der Waals surface area contributed by atoms with Crippen molar-refractivity contribution >= 4 is 23.2 Å². The average Bonchev–Trinajstić information content (AvgIpc) is 2.87. The highest BCUT2D eigenvalue weighted by Gasteiger charge is 2.57. The summed E-state index contributed by atoms with van der Waals surface area (Å²) in [5.74, 6) is -1.43. The summed E-state index contributed by atoms with van der Waals surface area (Å²) in [4.78, 5) is 26.8. The van der Waals surface area contributed by atoms with Gasteiger partial charge in [-0.05, 0) is 19.8 Å². The molecule has 16 heavy (non-hydrogen) atoms. The van der Waals surface area contributed by atoms with Gasteiger partial charge >= 0.3 is 5.97 Å². The van der Waals surface area contributed by atoms with Gasteiger partial charge in [0.1, 0.15) is 10.4 Å². The summed E-state index contributed by atoms with van der Waals surface area (Å²) >= 11 is 1.44. The van der Waals surface area contributed by atoms with Crippen LogP contribution >= 0.6 is 11.3 Å². The van der Waals surface area contributed by atoms with E-state index in [4.69, 9.17) is 5.11 Å². The highest BCUT2D eigenvalue weighted by Crippen LogP contribution is 2.46. The van der Waals surface area contributed by atoms with Gasteiger partial charge in [-0.2, -0.15) is 0 Å². The Hall–Kier alpha value is -1.43. The number of hydrogen-bond donors (Lipinski definition) is 2. The minimum absolute atomic E-state index is 0.232. The molecule has 1 heterocycles. The number of thiazole rings is 1. The lowest BCUT2D eigenvalue weighted by Crippen LogP contribution is -2.38. The predicted molar refractivity (Wildman–Crippen MR) is 58.0 cm³/mol. The summed E-state index contributed by atoms with van der Waals surface area (Å²) in [5.41, 5.74) is -1.18. The fourth-order valence-electron chi connectivity index (χ4n) is 1.51. The first-order chi connectivity index (χ1) is 7.56. The molecule has 1 aromatic heterocycles. The highest BCUT2D eigenvalue weighted by atomic mass is 32.1. The third-order valence-electron chi connectivity index (χ3n) is 2.76. The van der Waals surface area contributed by atoms with Crippen LogP contribution in [0.5, 0.6) is 0 Å². The van der Waals surface area contributed by atoms with Gasteiger partial charge in [0.2, 0.25) is 5.91 Å². The summed E-state index contributed by atoms with van der Waals surface area (Å²) in [6.45, 7) is 1.80. The number of nitrogens with one attached hydrogen (secondary N) is 1. The maximum Gasteiger partial charge on any atom is 0.319 e. The quantitative estimate of drug-likeness (QED) is 0.775. The topological polar surface area (TPSA) is 79.3 Å². The molecular weight excluding hydrogens is 228 g/mol. The smallest absolute Gasteiger partial charge is 0.319 e. The Labute approximate surface area is 96.5 Å². The van der Waals surface area contributed by atoms with Crippen LogP contribution in [0.3, 0.4) is 0 Å². The summed E-state index contributed by atoms with van der Waals surface area (Å²) in [7, 11) is 0. The Kier molecular flexibility index (Phi) is 2.67. The first kappa shape index (κ1) is 11.1. The van der Waals surface area contributed by atoms with Crippen LogP contribution in [0, 0.1) is 5.41 Å². The first-order valence-electron chi connectivity index (χ1n) is 5.00. The van der Waals surface area contributed by atoms with E-state index in [0.29, 0.717) is 12.8 Å². The van der Waals surface area contributed by atoms with E-state index in [1.54, 1.807) is 13.1 Å². The molecule has 1 unspecified atom stereocenters. The maximum absolute atomic E-state index is 11.8. The minimum atomic E-state index is -1.18. The fraction of sp³-hybridized carbons (Fsp3) is 0.500. The summed E-state index contributed by atoms with van der Waals surface area (Å²) < 4.78 is 0. The number of carboxylic acids is 1. The van der Waals surface area contributed by atoms with Gasteiger partial charge in [0.15, 0.2) is 0 Å². The van der Waals surface area contributed by atoms with Gasteiger partial charge in [0.05, 0.1) is 6.04 Å². The number of hydrogen-bond acceptors (Lipinski definition) is 4. The van der Waals surface area contributed by atoms with Crippen molar-refractivity contribution in [3.05, 3.63) is 16.6 Å². The van der Waals surface area contributed by atoms with E-state index in [9.17, 15) is 9.59 Å². The molecule has 6 heteroatoms.